The molecule has 1 N–H and O–H groups in total. The molecule has 1 fully saturated rings. The number of hydrogen-bond acceptors (Lipinski definition) is 5. The molecule has 1 aliphatic rings. The minimum atomic E-state index is -3.60. The first-order valence-corrected chi connectivity index (χ1v) is 10.3. The van der Waals surface area contributed by atoms with Gasteiger partial charge in [0, 0.05) is 38.1 Å². The molecule has 0 amide bonds. The number of hydrogen-bond donors (Lipinski definition) is 1. The second kappa shape index (κ2) is 8.35. The lowest BCUT2D eigenvalue weighted by molar-refractivity contribution is 0.200. The van der Waals surface area contributed by atoms with E-state index in [9.17, 15) is 8.42 Å². The normalized spacial score (nSPS) is 16.5. The molecule has 26 heavy (non-hydrogen) atoms. The Kier molecular flexibility index (Phi) is 6.13. The molecular weight excluding hydrogens is 374 g/mol. The molecule has 1 aliphatic heterocycles. The molecular formula is C18H22ClN3O3S. The Bertz CT molecular complexity index is 838. The molecule has 0 atom stereocenters. The van der Waals surface area contributed by atoms with E-state index in [0.29, 0.717) is 5.75 Å². The number of nitrogens with one attached hydrogen (secondary N) is 1. The van der Waals surface area contributed by atoms with Crippen LogP contribution < -0.4 is 9.46 Å². The highest BCUT2D eigenvalue weighted by Crippen LogP contribution is 2.27. The van der Waals surface area contributed by atoms with Crippen molar-refractivity contribution in [1.29, 1.82) is 0 Å². The Morgan fingerprint density at radius 1 is 1.23 bits per heavy atom. The molecule has 1 aromatic heterocycles. The molecule has 0 radical (unpaired) electrons. The van der Waals surface area contributed by atoms with Gasteiger partial charge in [-0.2, -0.15) is 0 Å². The van der Waals surface area contributed by atoms with Crippen molar-refractivity contribution in [3.63, 3.8) is 0 Å². The summed E-state index contributed by atoms with van der Waals surface area (Å²) in [6, 6.07) is 8.42. The van der Waals surface area contributed by atoms with Crippen molar-refractivity contribution in [3.8, 4) is 5.75 Å². The second-order valence-corrected chi connectivity index (χ2v) is 8.44. The standard InChI is InChI=1S/C18H22ClN3O3S/c1-25-18-3-2-16(12-17(18)19)26(23,24)21-15-6-10-22(11-7-15)13-14-4-8-20-9-5-14/h2-5,8-9,12,15,21H,6-7,10-11,13H2,1H3. The van der Waals surface area contributed by atoms with Crippen molar-refractivity contribution in [3.05, 3.63) is 53.3 Å². The van der Waals surface area contributed by atoms with Crippen LogP contribution in [0, 0.1) is 0 Å². The number of likely N-dealkylation sites (tertiary alicyclic amines) is 1. The maximum absolute atomic E-state index is 12.6. The number of methoxy groups -OCH3 is 1. The van der Waals surface area contributed by atoms with Crippen LogP contribution in [0.4, 0.5) is 0 Å². The van der Waals surface area contributed by atoms with Crippen LogP contribution in [0.2, 0.25) is 5.02 Å². The molecule has 0 unspecified atom stereocenters. The van der Waals surface area contributed by atoms with Crippen LogP contribution in [0.15, 0.2) is 47.6 Å². The third-order valence-electron chi connectivity index (χ3n) is 4.50. The van der Waals surface area contributed by atoms with E-state index in [1.54, 1.807) is 18.5 Å². The maximum Gasteiger partial charge on any atom is 0.240 e. The Labute approximate surface area is 159 Å². The summed E-state index contributed by atoms with van der Waals surface area (Å²) in [7, 11) is -2.11. The fourth-order valence-electron chi connectivity index (χ4n) is 3.06. The van der Waals surface area contributed by atoms with Gasteiger partial charge in [0.15, 0.2) is 0 Å². The van der Waals surface area contributed by atoms with E-state index in [0.717, 1.165) is 32.5 Å². The largest absolute Gasteiger partial charge is 0.495 e. The predicted molar refractivity (Wildman–Crippen MR) is 101 cm³/mol. The monoisotopic (exact) mass is 395 g/mol. The number of ether oxygens (including phenoxy) is 1. The lowest BCUT2D eigenvalue weighted by atomic mass is 10.1. The molecule has 140 valence electrons. The zero-order chi connectivity index (χ0) is 18.6. The molecule has 0 bridgehead atoms. The van der Waals surface area contributed by atoms with Crippen molar-refractivity contribution < 1.29 is 13.2 Å². The smallest absolute Gasteiger partial charge is 0.240 e. The summed E-state index contributed by atoms with van der Waals surface area (Å²) in [6.07, 6.45) is 5.12. The summed E-state index contributed by atoms with van der Waals surface area (Å²) >= 11 is 6.05. The first-order chi connectivity index (χ1) is 12.5. The number of piperidine rings is 1. The van der Waals surface area contributed by atoms with Gasteiger partial charge in [0.25, 0.3) is 0 Å². The third-order valence-corrected chi connectivity index (χ3v) is 6.31. The Morgan fingerprint density at radius 2 is 1.92 bits per heavy atom. The van der Waals surface area contributed by atoms with E-state index in [-0.39, 0.29) is 16.0 Å². The van der Waals surface area contributed by atoms with Gasteiger partial charge < -0.3 is 4.74 Å². The topological polar surface area (TPSA) is 71.5 Å². The highest BCUT2D eigenvalue weighted by atomic mass is 35.5. The summed E-state index contributed by atoms with van der Waals surface area (Å²) in [5.74, 6) is 0.454. The highest BCUT2D eigenvalue weighted by Gasteiger charge is 2.25. The molecule has 0 aliphatic carbocycles. The molecule has 8 heteroatoms. The van der Waals surface area contributed by atoms with Gasteiger partial charge in [0.1, 0.15) is 5.75 Å². The highest BCUT2D eigenvalue weighted by molar-refractivity contribution is 7.89. The molecule has 6 nitrogen and oxygen atoms in total. The zero-order valence-electron chi connectivity index (χ0n) is 14.6. The van der Waals surface area contributed by atoms with Crippen LogP contribution in [0.25, 0.3) is 0 Å². The van der Waals surface area contributed by atoms with Gasteiger partial charge >= 0.3 is 0 Å². The first kappa shape index (κ1) is 19.1. The summed E-state index contributed by atoms with van der Waals surface area (Å²) in [4.78, 5) is 6.50. The van der Waals surface area contributed by atoms with E-state index >= 15 is 0 Å². The van der Waals surface area contributed by atoms with Gasteiger partial charge in [-0.15, -0.1) is 0 Å². The predicted octanol–water partition coefficient (Wildman–Crippen LogP) is 2.69. The van der Waals surface area contributed by atoms with E-state index in [4.69, 9.17) is 16.3 Å². The molecule has 2 aromatic rings. The van der Waals surface area contributed by atoms with Crippen LogP contribution in [0.5, 0.6) is 5.75 Å². The van der Waals surface area contributed by atoms with Crippen molar-refractivity contribution in [1.82, 2.24) is 14.6 Å². The van der Waals surface area contributed by atoms with Crippen LogP contribution in [-0.2, 0) is 16.6 Å². The summed E-state index contributed by atoms with van der Waals surface area (Å²) in [5, 5.41) is 0.280. The number of rotatable bonds is 6. The van der Waals surface area contributed by atoms with E-state index in [1.165, 1.54) is 24.8 Å². The average Bonchev–Trinajstić information content (AvgIpc) is 2.64. The summed E-state index contributed by atoms with van der Waals surface area (Å²) < 4.78 is 33.1. The molecule has 0 saturated carbocycles. The summed E-state index contributed by atoms with van der Waals surface area (Å²) in [6.45, 7) is 2.55. The van der Waals surface area contributed by atoms with Gasteiger partial charge in [0.2, 0.25) is 10.0 Å². The first-order valence-electron chi connectivity index (χ1n) is 8.45. The van der Waals surface area contributed by atoms with Crippen LogP contribution >= 0.6 is 11.6 Å². The van der Waals surface area contributed by atoms with Gasteiger partial charge in [-0.25, -0.2) is 13.1 Å². The lowest BCUT2D eigenvalue weighted by Crippen LogP contribution is -2.44. The Morgan fingerprint density at radius 3 is 2.54 bits per heavy atom. The second-order valence-electron chi connectivity index (χ2n) is 6.32. The van der Waals surface area contributed by atoms with Gasteiger partial charge in [-0.3, -0.25) is 9.88 Å². The number of benzene rings is 1. The molecule has 1 saturated heterocycles. The molecule has 0 spiro atoms. The quantitative estimate of drug-likeness (QED) is 0.814. The van der Waals surface area contributed by atoms with Crippen LogP contribution in [-0.4, -0.2) is 44.5 Å². The van der Waals surface area contributed by atoms with E-state index in [2.05, 4.69) is 14.6 Å². The maximum atomic E-state index is 12.6. The fraction of sp³-hybridized carbons (Fsp3) is 0.389. The number of nitrogens with zero attached hydrogens (tertiary/aromatic N) is 2. The van der Waals surface area contributed by atoms with Gasteiger partial charge in [0.05, 0.1) is 17.0 Å². The van der Waals surface area contributed by atoms with Crippen molar-refractivity contribution in [2.24, 2.45) is 0 Å². The molecule has 3 rings (SSSR count). The van der Waals surface area contributed by atoms with Crippen LogP contribution in [0.3, 0.4) is 0 Å². The van der Waals surface area contributed by atoms with E-state index < -0.39 is 10.0 Å². The van der Waals surface area contributed by atoms with E-state index in [1.807, 2.05) is 12.1 Å². The minimum Gasteiger partial charge on any atom is -0.495 e. The summed E-state index contributed by atoms with van der Waals surface area (Å²) in [5.41, 5.74) is 1.21. The number of sulfonamides is 1. The third kappa shape index (κ3) is 4.73. The Balaban J connectivity index is 1.57. The van der Waals surface area contributed by atoms with Gasteiger partial charge in [-0.1, -0.05) is 11.6 Å². The number of halogens is 1. The van der Waals surface area contributed by atoms with Crippen molar-refractivity contribution >= 4 is 21.6 Å². The number of pyridine rings is 1. The van der Waals surface area contributed by atoms with Crippen LogP contribution in [0.1, 0.15) is 18.4 Å². The lowest BCUT2D eigenvalue weighted by Gasteiger charge is -2.32. The van der Waals surface area contributed by atoms with Crippen molar-refractivity contribution in [2.45, 2.75) is 30.3 Å². The van der Waals surface area contributed by atoms with Gasteiger partial charge in [-0.05, 0) is 48.7 Å². The number of aromatic nitrogens is 1. The fourth-order valence-corrected chi connectivity index (χ4v) is 4.71. The molecule has 1 aromatic carbocycles. The SMILES string of the molecule is COc1ccc(S(=O)(=O)NC2CCN(Cc3ccncc3)CC2)cc1Cl. The minimum absolute atomic E-state index is 0.0745. The van der Waals surface area contributed by atoms with Crippen molar-refractivity contribution in [2.75, 3.05) is 20.2 Å². The molecule has 2 heterocycles. The average molecular weight is 396 g/mol. The zero-order valence-corrected chi connectivity index (χ0v) is 16.1. The Hall–Kier alpha value is -1.67.